The molecule has 4 heterocycles. The molecule has 33 heavy (non-hydrogen) atoms. The van der Waals surface area contributed by atoms with Crippen molar-refractivity contribution >= 4 is 5.69 Å². The number of aryl methyl sites for hydroxylation is 1. The molecule has 2 saturated heterocycles. The number of ether oxygens (including phenoxy) is 1. The molecule has 2 unspecified atom stereocenters. The molecule has 4 aromatic rings. The number of nitrogens with zero attached hydrogens (tertiary/aromatic N) is 5. The fraction of sp³-hybridized carbons (Fsp3) is 0.269. The van der Waals surface area contributed by atoms with Crippen LogP contribution in [0.25, 0.3) is 22.8 Å². The van der Waals surface area contributed by atoms with Gasteiger partial charge in [-0.25, -0.2) is 9.36 Å². The lowest BCUT2D eigenvalue weighted by molar-refractivity contribution is 0.0305. The van der Waals surface area contributed by atoms with Crippen LogP contribution in [-0.4, -0.2) is 44.9 Å². The van der Waals surface area contributed by atoms with Crippen molar-refractivity contribution in [2.75, 3.05) is 18.0 Å². The summed E-state index contributed by atoms with van der Waals surface area (Å²) in [7, 11) is 0. The summed E-state index contributed by atoms with van der Waals surface area (Å²) in [6.07, 6.45) is 6.43. The standard InChI is InChI=1S/C26H25N5O2/c1-18-15-20(29-16-21-8-9-22(17-29)33-21)7-10-23(18)30-14-12-25(32)26(28-30)24-11-13-27-31(24)19-5-3-2-4-6-19/h2-7,10-15,21-22H,8-9,16-17H2,1H3. The summed E-state index contributed by atoms with van der Waals surface area (Å²) in [5.41, 5.74) is 5.04. The molecule has 2 aromatic carbocycles. The molecule has 2 bridgehead atoms. The van der Waals surface area contributed by atoms with Crippen molar-refractivity contribution in [1.82, 2.24) is 19.6 Å². The number of hydrogen-bond acceptors (Lipinski definition) is 5. The number of benzene rings is 2. The first-order valence-corrected chi connectivity index (χ1v) is 11.4. The molecular formula is C26H25N5O2. The summed E-state index contributed by atoms with van der Waals surface area (Å²) >= 11 is 0. The van der Waals surface area contributed by atoms with Gasteiger partial charge in [-0.05, 0) is 61.7 Å². The molecule has 0 radical (unpaired) electrons. The zero-order valence-corrected chi connectivity index (χ0v) is 18.5. The van der Waals surface area contributed by atoms with Gasteiger partial charge in [0.05, 0.1) is 35.5 Å². The van der Waals surface area contributed by atoms with E-state index in [1.54, 1.807) is 27.8 Å². The van der Waals surface area contributed by atoms with Crippen molar-refractivity contribution in [1.29, 1.82) is 0 Å². The number of aromatic nitrogens is 4. The van der Waals surface area contributed by atoms with Crippen LogP contribution in [0.4, 0.5) is 5.69 Å². The van der Waals surface area contributed by atoms with Gasteiger partial charge in [-0.15, -0.1) is 0 Å². The van der Waals surface area contributed by atoms with Crippen molar-refractivity contribution in [3.63, 3.8) is 0 Å². The van der Waals surface area contributed by atoms with Gasteiger partial charge in [0, 0.05) is 31.0 Å². The average Bonchev–Trinajstić information content (AvgIpc) is 3.46. The Morgan fingerprint density at radius 3 is 2.48 bits per heavy atom. The third-order valence-corrected chi connectivity index (χ3v) is 6.53. The minimum Gasteiger partial charge on any atom is -0.371 e. The second kappa shape index (κ2) is 8.01. The van der Waals surface area contributed by atoms with Crippen molar-refractivity contribution in [2.24, 2.45) is 0 Å². The predicted molar refractivity (Wildman–Crippen MR) is 127 cm³/mol. The minimum absolute atomic E-state index is 0.137. The Morgan fingerprint density at radius 2 is 1.73 bits per heavy atom. The number of hydrogen-bond donors (Lipinski definition) is 0. The molecule has 2 aromatic heterocycles. The van der Waals surface area contributed by atoms with Gasteiger partial charge < -0.3 is 9.64 Å². The van der Waals surface area contributed by atoms with E-state index in [1.165, 1.54) is 5.69 Å². The van der Waals surface area contributed by atoms with Crippen LogP contribution in [0.2, 0.25) is 0 Å². The lowest BCUT2D eigenvalue weighted by Gasteiger charge is -2.34. The molecule has 2 aliphatic rings. The van der Waals surface area contributed by atoms with Crippen LogP contribution in [-0.2, 0) is 4.74 Å². The summed E-state index contributed by atoms with van der Waals surface area (Å²) < 4.78 is 9.51. The van der Waals surface area contributed by atoms with Gasteiger partial charge in [0.2, 0.25) is 5.43 Å². The van der Waals surface area contributed by atoms with Gasteiger partial charge in [0.15, 0.2) is 5.69 Å². The quantitative estimate of drug-likeness (QED) is 0.484. The molecule has 0 amide bonds. The Kier molecular flexibility index (Phi) is 4.84. The summed E-state index contributed by atoms with van der Waals surface area (Å²) in [4.78, 5) is 15.2. The first kappa shape index (κ1) is 19.9. The Labute approximate surface area is 191 Å². The minimum atomic E-state index is -0.137. The van der Waals surface area contributed by atoms with Crippen LogP contribution in [0, 0.1) is 6.92 Å². The zero-order valence-electron chi connectivity index (χ0n) is 18.5. The second-order valence-electron chi connectivity index (χ2n) is 8.77. The topological polar surface area (TPSA) is 65.2 Å². The van der Waals surface area contributed by atoms with Crippen molar-refractivity contribution in [3.05, 3.63) is 88.8 Å². The van der Waals surface area contributed by atoms with Gasteiger partial charge in [-0.3, -0.25) is 4.79 Å². The highest BCUT2D eigenvalue weighted by Gasteiger charge is 2.33. The van der Waals surface area contributed by atoms with Crippen molar-refractivity contribution in [2.45, 2.75) is 32.0 Å². The molecule has 2 aliphatic heterocycles. The first-order chi connectivity index (χ1) is 16.2. The van der Waals surface area contributed by atoms with E-state index in [2.05, 4.69) is 35.1 Å². The van der Waals surface area contributed by atoms with Crippen LogP contribution in [0.15, 0.2) is 77.9 Å². The number of morpholine rings is 1. The third kappa shape index (κ3) is 3.64. The van der Waals surface area contributed by atoms with Gasteiger partial charge in [-0.2, -0.15) is 10.2 Å². The smallest absolute Gasteiger partial charge is 0.209 e. The molecule has 7 heteroatoms. The maximum atomic E-state index is 12.8. The monoisotopic (exact) mass is 439 g/mol. The van der Waals surface area contributed by atoms with E-state index in [0.29, 0.717) is 23.6 Å². The van der Waals surface area contributed by atoms with E-state index in [1.807, 2.05) is 36.4 Å². The van der Waals surface area contributed by atoms with E-state index >= 15 is 0 Å². The van der Waals surface area contributed by atoms with E-state index in [-0.39, 0.29) is 5.43 Å². The largest absolute Gasteiger partial charge is 0.371 e. The normalized spacial score (nSPS) is 19.7. The van der Waals surface area contributed by atoms with Crippen LogP contribution in [0.3, 0.4) is 0 Å². The van der Waals surface area contributed by atoms with Crippen molar-refractivity contribution in [3.8, 4) is 22.8 Å². The van der Waals surface area contributed by atoms with Gasteiger partial charge in [0.25, 0.3) is 0 Å². The van der Waals surface area contributed by atoms with E-state index in [0.717, 1.165) is 42.9 Å². The highest BCUT2D eigenvalue weighted by atomic mass is 16.5. The number of rotatable bonds is 4. The molecule has 2 fully saturated rings. The second-order valence-corrected chi connectivity index (χ2v) is 8.77. The van der Waals surface area contributed by atoms with E-state index in [4.69, 9.17) is 9.84 Å². The zero-order chi connectivity index (χ0) is 22.4. The molecule has 0 N–H and O–H groups in total. The summed E-state index contributed by atoms with van der Waals surface area (Å²) in [5, 5.41) is 9.14. The Balaban J connectivity index is 1.35. The molecule has 7 nitrogen and oxygen atoms in total. The lowest BCUT2D eigenvalue weighted by atomic mass is 10.1. The number of fused-ring (bicyclic) bond motifs is 2. The van der Waals surface area contributed by atoms with Gasteiger partial charge in [-0.1, -0.05) is 18.2 Å². The molecular weight excluding hydrogens is 414 g/mol. The SMILES string of the molecule is Cc1cc(N2CC3CCC(C2)O3)ccc1-n1ccc(=O)c(-c2ccnn2-c2ccccc2)n1. The predicted octanol–water partition coefficient (Wildman–Crippen LogP) is 3.76. The van der Waals surface area contributed by atoms with Gasteiger partial charge >= 0.3 is 0 Å². The summed E-state index contributed by atoms with van der Waals surface area (Å²) in [6.45, 7) is 3.97. The first-order valence-electron chi connectivity index (χ1n) is 11.4. The maximum absolute atomic E-state index is 12.8. The highest BCUT2D eigenvalue weighted by molar-refractivity contribution is 5.59. The average molecular weight is 440 g/mol. The van der Waals surface area contributed by atoms with Crippen LogP contribution >= 0.6 is 0 Å². The molecule has 6 rings (SSSR count). The molecule has 0 aliphatic carbocycles. The lowest BCUT2D eigenvalue weighted by Crippen LogP contribution is -2.42. The molecule has 166 valence electrons. The number of anilines is 1. The third-order valence-electron chi connectivity index (χ3n) is 6.53. The Bertz CT molecular complexity index is 1350. The Hall–Kier alpha value is -3.71. The fourth-order valence-electron chi connectivity index (χ4n) is 4.90. The number of para-hydroxylation sites is 1. The molecule has 0 saturated carbocycles. The molecule has 0 spiro atoms. The van der Waals surface area contributed by atoms with E-state index in [9.17, 15) is 4.79 Å². The fourth-order valence-corrected chi connectivity index (χ4v) is 4.90. The van der Waals surface area contributed by atoms with Crippen LogP contribution in [0.1, 0.15) is 18.4 Å². The van der Waals surface area contributed by atoms with Crippen LogP contribution < -0.4 is 10.3 Å². The summed E-state index contributed by atoms with van der Waals surface area (Å²) in [5.74, 6) is 0. The summed E-state index contributed by atoms with van der Waals surface area (Å²) in [6, 6.07) is 19.6. The van der Waals surface area contributed by atoms with E-state index < -0.39 is 0 Å². The maximum Gasteiger partial charge on any atom is 0.209 e. The Morgan fingerprint density at radius 1 is 0.939 bits per heavy atom. The molecule has 2 atom stereocenters. The van der Waals surface area contributed by atoms with Crippen LogP contribution in [0.5, 0.6) is 0 Å². The van der Waals surface area contributed by atoms with Crippen molar-refractivity contribution < 1.29 is 4.74 Å². The van der Waals surface area contributed by atoms with Gasteiger partial charge in [0.1, 0.15) is 0 Å². The highest BCUT2D eigenvalue weighted by Crippen LogP contribution is 2.31.